The highest BCUT2D eigenvalue weighted by molar-refractivity contribution is 5.77. The van der Waals surface area contributed by atoms with Gasteiger partial charge in [0.05, 0.1) is 6.10 Å². The van der Waals surface area contributed by atoms with Crippen molar-refractivity contribution in [2.45, 2.75) is 31.8 Å². The lowest BCUT2D eigenvalue weighted by Gasteiger charge is -2.17. The van der Waals surface area contributed by atoms with E-state index in [0.29, 0.717) is 18.9 Å². The Morgan fingerprint density at radius 1 is 1.50 bits per heavy atom. The maximum Gasteiger partial charge on any atom is 0.223 e. The predicted molar refractivity (Wildman–Crippen MR) is 53.7 cm³/mol. The third-order valence-corrected chi connectivity index (χ3v) is 3.07. The number of aliphatic hydroxyl groups excluding tert-OH is 1. The number of rotatable bonds is 2. The molecule has 1 amide bonds. The molecule has 1 saturated heterocycles. The third kappa shape index (κ3) is 2.15. The van der Waals surface area contributed by atoms with Crippen molar-refractivity contribution in [3.63, 3.8) is 0 Å². The summed E-state index contributed by atoms with van der Waals surface area (Å²) in [5.41, 5.74) is 0. The number of nitrogens with zero attached hydrogens (tertiary/aromatic N) is 1. The molecule has 1 unspecified atom stereocenters. The van der Waals surface area contributed by atoms with E-state index >= 15 is 0 Å². The van der Waals surface area contributed by atoms with E-state index in [1.807, 2.05) is 0 Å². The van der Waals surface area contributed by atoms with Crippen molar-refractivity contribution in [1.82, 2.24) is 4.90 Å². The van der Waals surface area contributed by atoms with Crippen LogP contribution >= 0.6 is 0 Å². The Labute approximate surface area is 84.4 Å². The number of carbonyl (C=O) groups is 1. The second kappa shape index (κ2) is 4.13. The molecule has 1 aliphatic heterocycles. The lowest BCUT2D eigenvalue weighted by atomic mass is 10.0. The van der Waals surface area contributed by atoms with Gasteiger partial charge < -0.3 is 10.0 Å². The standard InChI is InChI=1S/C11H17NO2/c13-10-5-6-12(8-10)11(14)7-9-3-1-2-4-9/h1,3,9-10,13H,2,4-8H2/t9?,10-/m0/s1. The lowest BCUT2D eigenvalue weighted by molar-refractivity contribution is -0.131. The molecule has 2 atom stereocenters. The molecule has 0 aromatic heterocycles. The summed E-state index contributed by atoms with van der Waals surface area (Å²) in [6, 6.07) is 0. The van der Waals surface area contributed by atoms with Crippen LogP contribution in [0.1, 0.15) is 25.7 Å². The Morgan fingerprint density at radius 2 is 2.36 bits per heavy atom. The molecule has 1 heterocycles. The van der Waals surface area contributed by atoms with E-state index in [1.165, 1.54) is 0 Å². The number of aliphatic hydroxyl groups is 1. The van der Waals surface area contributed by atoms with Gasteiger partial charge in [0.25, 0.3) is 0 Å². The number of likely N-dealkylation sites (tertiary alicyclic amines) is 1. The topological polar surface area (TPSA) is 40.5 Å². The fraction of sp³-hybridized carbons (Fsp3) is 0.727. The fourth-order valence-electron chi connectivity index (χ4n) is 2.19. The summed E-state index contributed by atoms with van der Waals surface area (Å²) in [6.07, 6.45) is 7.59. The smallest absolute Gasteiger partial charge is 0.223 e. The molecule has 1 aliphatic carbocycles. The summed E-state index contributed by atoms with van der Waals surface area (Å²) in [7, 11) is 0. The molecule has 0 aromatic rings. The van der Waals surface area contributed by atoms with Gasteiger partial charge in [0, 0.05) is 19.5 Å². The van der Waals surface area contributed by atoms with E-state index in [2.05, 4.69) is 12.2 Å². The SMILES string of the molecule is O=C(CC1C=CCC1)N1CC[C@H](O)C1. The van der Waals surface area contributed by atoms with Crippen LogP contribution in [0.3, 0.4) is 0 Å². The second-order valence-corrected chi connectivity index (χ2v) is 4.25. The first-order chi connectivity index (χ1) is 6.75. The highest BCUT2D eigenvalue weighted by Gasteiger charge is 2.26. The largest absolute Gasteiger partial charge is 0.391 e. The Balaban J connectivity index is 1.80. The van der Waals surface area contributed by atoms with Gasteiger partial charge in [-0.1, -0.05) is 12.2 Å². The minimum atomic E-state index is -0.293. The van der Waals surface area contributed by atoms with Gasteiger partial charge in [0.1, 0.15) is 0 Å². The highest BCUT2D eigenvalue weighted by Crippen LogP contribution is 2.22. The van der Waals surface area contributed by atoms with E-state index < -0.39 is 0 Å². The molecular weight excluding hydrogens is 178 g/mol. The van der Waals surface area contributed by atoms with Crippen molar-refractivity contribution in [3.8, 4) is 0 Å². The zero-order valence-electron chi connectivity index (χ0n) is 8.35. The Hall–Kier alpha value is -0.830. The molecule has 0 spiro atoms. The number of hydrogen-bond donors (Lipinski definition) is 1. The van der Waals surface area contributed by atoms with E-state index in [-0.39, 0.29) is 12.0 Å². The highest BCUT2D eigenvalue weighted by atomic mass is 16.3. The van der Waals surface area contributed by atoms with Crippen LogP contribution in [0.15, 0.2) is 12.2 Å². The van der Waals surface area contributed by atoms with Gasteiger partial charge in [-0.05, 0) is 25.2 Å². The molecule has 78 valence electrons. The Bertz CT molecular complexity index is 250. The number of hydrogen-bond acceptors (Lipinski definition) is 2. The van der Waals surface area contributed by atoms with Crippen LogP contribution in [0.25, 0.3) is 0 Å². The molecule has 0 saturated carbocycles. The van der Waals surface area contributed by atoms with E-state index in [0.717, 1.165) is 25.8 Å². The van der Waals surface area contributed by atoms with Crippen molar-refractivity contribution >= 4 is 5.91 Å². The summed E-state index contributed by atoms with van der Waals surface area (Å²) in [5, 5.41) is 9.30. The van der Waals surface area contributed by atoms with Gasteiger partial charge in [-0.2, -0.15) is 0 Å². The molecule has 1 N–H and O–H groups in total. The Kier molecular flexibility index (Phi) is 2.87. The van der Waals surface area contributed by atoms with E-state index in [1.54, 1.807) is 4.90 Å². The average molecular weight is 195 g/mol. The second-order valence-electron chi connectivity index (χ2n) is 4.25. The Morgan fingerprint density at radius 3 is 2.93 bits per heavy atom. The molecule has 1 fully saturated rings. The molecule has 14 heavy (non-hydrogen) atoms. The monoisotopic (exact) mass is 195 g/mol. The van der Waals surface area contributed by atoms with Gasteiger partial charge in [-0.25, -0.2) is 0 Å². The molecule has 0 radical (unpaired) electrons. The summed E-state index contributed by atoms with van der Waals surface area (Å²) < 4.78 is 0. The van der Waals surface area contributed by atoms with Crippen LogP contribution in [0.5, 0.6) is 0 Å². The summed E-state index contributed by atoms with van der Waals surface area (Å²) in [5.74, 6) is 0.651. The van der Waals surface area contributed by atoms with E-state index in [9.17, 15) is 9.90 Å². The molecular formula is C11H17NO2. The van der Waals surface area contributed by atoms with Crippen LogP contribution in [0, 0.1) is 5.92 Å². The third-order valence-electron chi connectivity index (χ3n) is 3.07. The van der Waals surface area contributed by atoms with Crippen LogP contribution < -0.4 is 0 Å². The summed E-state index contributed by atoms with van der Waals surface area (Å²) >= 11 is 0. The minimum Gasteiger partial charge on any atom is -0.391 e. The number of allylic oxidation sites excluding steroid dienone is 2. The molecule has 2 aliphatic rings. The van der Waals surface area contributed by atoms with Gasteiger partial charge in [-0.3, -0.25) is 4.79 Å². The number of amides is 1. The van der Waals surface area contributed by atoms with Gasteiger partial charge in [0.2, 0.25) is 5.91 Å². The first-order valence-electron chi connectivity index (χ1n) is 5.38. The van der Waals surface area contributed by atoms with Crippen LogP contribution in [0.4, 0.5) is 0 Å². The van der Waals surface area contributed by atoms with Crippen LogP contribution in [-0.4, -0.2) is 35.1 Å². The van der Waals surface area contributed by atoms with E-state index in [4.69, 9.17) is 0 Å². The average Bonchev–Trinajstić information content (AvgIpc) is 2.75. The van der Waals surface area contributed by atoms with Gasteiger partial charge in [0.15, 0.2) is 0 Å². The number of carbonyl (C=O) groups excluding carboxylic acids is 1. The van der Waals surface area contributed by atoms with Crippen molar-refractivity contribution in [3.05, 3.63) is 12.2 Å². The minimum absolute atomic E-state index is 0.207. The molecule has 0 aromatic carbocycles. The molecule has 2 rings (SSSR count). The molecule has 3 heteroatoms. The van der Waals surface area contributed by atoms with Gasteiger partial charge >= 0.3 is 0 Å². The van der Waals surface area contributed by atoms with Crippen molar-refractivity contribution in [1.29, 1.82) is 0 Å². The van der Waals surface area contributed by atoms with Crippen molar-refractivity contribution < 1.29 is 9.90 Å². The number of β-amino-alcohol motifs (C(OH)–C–C–N with tert-alkyl or cyclic N) is 1. The first-order valence-corrected chi connectivity index (χ1v) is 5.38. The van der Waals surface area contributed by atoms with Crippen LogP contribution in [-0.2, 0) is 4.79 Å². The normalized spacial score (nSPS) is 31.4. The summed E-state index contributed by atoms with van der Waals surface area (Å²) in [4.78, 5) is 13.5. The van der Waals surface area contributed by atoms with Crippen molar-refractivity contribution in [2.24, 2.45) is 5.92 Å². The zero-order valence-corrected chi connectivity index (χ0v) is 8.35. The zero-order chi connectivity index (χ0) is 9.97. The molecule has 0 bridgehead atoms. The lowest BCUT2D eigenvalue weighted by Crippen LogP contribution is -2.30. The van der Waals surface area contributed by atoms with Crippen molar-refractivity contribution in [2.75, 3.05) is 13.1 Å². The maximum absolute atomic E-state index is 11.7. The maximum atomic E-state index is 11.7. The molecule has 3 nitrogen and oxygen atoms in total. The predicted octanol–water partition coefficient (Wildman–Crippen LogP) is 0.936. The van der Waals surface area contributed by atoms with Gasteiger partial charge in [-0.15, -0.1) is 0 Å². The first kappa shape index (κ1) is 9.71. The quantitative estimate of drug-likeness (QED) is 0.666. The summed E-state index contributed by atoms with van der Waals surface area (Å²) in [6.45, 7) is 1.27. The fourth-order valence-corrected chi connectivity index (χ4v) is 2.19. The van der Waals surface area contributed by atoms with Crippen LogP contribution in [0.2, 0.25) is 0 Å².